The molecule has 0 radical (unpaired) electrons. The lowest BCUT2D eigenvalue weighted by Crippen LogP contribution is -2.46. The maximum absolute atomic E-state index is 12.9. The molecule has 12 atom stereocenters. The van der Waals surface area contributed by atoms with E-state index in [1.165, 1.54) is 31.9 Å². The number of phosphoric ester groups is 4. The van der Waals surface area contributed by atoms with Crippen molar-refractivity contribution in [2.45, 2.75) is 68.2 Å². The molecule has 38 heteroatoms. The summed E-state index contributed by atoms with van der Waals surface area (Å²) in [7, 11) is -19.7. The third kappa shape index (κ3) is 13.1. The van der Waals surface area contributed by atoms with Crippen LogP contribution in [-0.4, -0.2) is 169 Å². The lowest BCUT2D eigenvalue weighted by Gasteiger charge is -2.28. The zero-order valence-corrected chi connectivity index (χ0v) is 37.1. The fraction of sp³-hybridized carbons (Fsp3) is 0.630. The van der Waals surface area contributed by atoms with Crippen LogP contribution in [0.5, 0.6) is 0 Å². The third-order valence-electron chi connectivity index (χ3n) is 9.21. The second-order valence-corrected chi connectivity index (χ2v) is 19.2. The largest absolute Gasteiger partial charge is 0.472 e. The molecule has 0 aliphatic carbocycles. The third-order valence-corrected chi connectivity index (χ3v) is 12.2. The quantitative estimate of drug-likeness (QED) is 0.0205. The number of nitrogen functional groups attached to an aromatic ring is 2. The number of hydrogen-bond donors (Lipinski definition) is 14. The van der Waals surface area contributed by atoms with Crippen molar-refractivity contribution in [3.8, 4) is 0 Å². The molecule has 2 aliphatic rings. The number of anilines is 3. The SMILES string of the molecule is CN=CN(c1nc(N)[nH]c(=O)c1C)[C@@H]1O[C@H](COP(=O)(O)OC[C@H](OP(=O)(O)O)[C@@H](COP(=O)(O)OC[C@H]2O[C@@H]([n+]3cn(C)c4c(=O)[nH]c(N)nc43)[C@H](O)[C@@H]2O)OP(=O)(O)O)[C@@H](O)[C@H]1O. The maximum Gasteiger partial charge on any atom is 0.472 e. The zero-order valence-electron chi connectivity index (χ0n) is 33.6. The fourth-order valence-electron chi connectivity index (χ4n) is 6.31. The topological polar surface area (TPSA) is 512 Å². The number of aryl methyl sites for hydroxylation is 1. The van der Waals surface area contributed by atoms with Gasteiger partial charge in [0.15, 0.2) is 12.6 Å². The molecule has 3 aromatic rings. The lowest BCUT2D eigenvalue weighted by molar-refractivity contribution is -0.745. The molecule has 0 spiro atoms. The van der Waals surface area contributed by atoms with E-state index in [4.69, 9.17) is 39.0 Å². The van der Waals surface area contributed by atoms with Gasteiger partial charge in [0.05, 0.1) is 45.4 Å². The number of fused-ring (bicyclic) bond motifs is 1. The number of nitrogens with zero attached hydrogens (tertiary/aromatic N) is 6. The maximum atomic E-state index is 12.9. The highest BCUT2D eigenvalue weighted by molar-refractivity contribution is 7.48. The predicted octanol–water partition coefficient (Wildman–Crippen LogP) is -5.44. The van der Waals surface area contributed by atoms with Gasteiger partial charge in [0.2, 0.25) is 17.7 Å². The van der Waals surface area contributed by atoms with Crippen LogP contribution in [0.25, 0.3) is 11.2 Å². The molecule has 16 N–H and O–H groups in total. The van der Waals surface area contributed by atoms with Crippen LogP contribution >= 0.6 is 31.3 Å². The molecule has 5 rings (SSSR count). The van der Waals surface area contributed by atoms with E-state index < -0.39 is 130 Å². The van der Waals surface area contributed by atoms with Crippen molar-refractivity contribution >= 4 is 66.5 Å². The second-order valence-electron chi connectivity index (χ2n) is 13.9. The standard InChI is InChI=1S/C27H44N10O24P4/c1-10-20(31-26(28)33-22(10)42)36(8-30-2)24-18(40)16(38)13(58-24)6-56-64(50,51)54-4-11(60-62(44,45)46)12(61-63(47,48)49)5-55-65(52,53)57-7-14-17(39)19(41)25(59-14)37-9-35(3)15-21(37)32-27(29)34-23(15)43/h8-9,11-14,16-19,24-25,38-41H,4-7H2,1-3H3,(H11-,28,29,31,32,33,34,42,43,44,45,46,47,48,49,50,51,52,53)/p+1/t11-,12+,13+,14+,16+,17+,18+,19+,24+,25+/m0/s1. The number of aliphatic hydroxyl groups excluding tert-OH is 4. The van der Waals surface area contributed by atoms with Gasteiger partial charge in [0, 0.05) is 7.05 Å². The molecule has 65 heavy (non-hydrogen) atoms. The monoisotopic (exact) mass is 1020 g/mol. The van der Waals surface area contributed by atoms with E-state index >= 15 is 0 Å². The van der Waals surface area contributed by atoms with Gasteiger partial charge in [-0.3, -0.25) is 61.2 Å². The summed E-state index contributed by atoms with van der Waals surface area (Å²) in [6.07, 6.45) is -16.5. The molecule has 0 bridgehead atoms. The van der Waals surface area contributed by atoms with Gasteiger partial charge in [-0.05, 0) is 6.92 Å². The zero-order chi connectivity index (χ0) is 48.6. The van der Waals surface area contributed by atoms with E-state index in [0.29, 0.717) is 0 Å². The number of nitrogens with two attached hydrogens (primary N) is 2. The Hall–Kier alpha value is -3.50. The molecule has 0 aromatic carbocycles. The number of phosphoric acid groups is 4. The molecule has 366 valence electrons. The highest BCUT2D eigenvalue weighted by Crippen LogP contribution is 2.50. The number of aliphatic hydroxyl groups is 4. The second kappa shape index (κ2) is 20.4. The van der Waals surface area contributed by atoms with E-state index in [2.05, 4.69) is 34.0 Å². The van der Waals surface area contributed by atoms with Gasteiger partial charge in [-0.1, -0.05) is 4.98 Å². The molecular formula is C27H45N10O24P4+. The number of aliphatic imine (C=N–C) groups is 1. The van der Waals surface area contributed by atoms with Crippen LogP contribution in [0.15, 0.2) is 20.9 Å². The Kier molecular flexibility index (Phi) is 16.5. The minimum atomic E-state index is -5.76. The molecule has 2 fully saturated rings. The normalized spacial score (nSPS) is 27.0. The van der Waals surface area contributed by atoms with Gasteiger partial charge in [-0.2, -0.15) is 4.98 Å². The van der Waals surface area contributed by atoms with Crippen molar-refractivity contribution in [2.75, 3.05) is 49.8 Å². The van der Waals surface area contributed by atoms with Crippen LogP contribution in [0.3, 0.4) is 0 Å². The summed E-state index contributed by atoms with van der Waals surface area (Å²) in [4.78, 5) is 101. The average Bonchev–Trinajstić information content (AvgIpc) is 3.77. The highest BCUT2D eigenvalue weighted by atomic mass is 31.2. The number of rotatable bonds is 21. The molecule has 3 aromatic heterocycles. The van der Waals surface area contributed by atoms with Crippen molar-refractivity contribution in [1.82, 2.24) is 24.5 Å². The molecular weight excluding hydrogens is 972 g/mol. The minimum absolute atomic E-state index is 0.0196. The summed E-state index contributed by atoms with van der Waals surface area (Å²) < 4.78 is 91.2. The summed E-state index contributed by atoms with van der Waals surface area (Å²) in [6.45, 7) is -3.93. The predicted molar refractivity (Wildman–Crippen MR) is 211 cm³/mol. The molecule has 5 heterocycles. The number of H-pyrrole nitrogens is 2. The van der Waals surface area contributed by atoms with Gasteiger partial charge in [0.1, 0.15) is 54.6 Å². The Bertz CT molecular complexity index is 2530. The van der Waals surface area contributed by atoms with E-state index in [0.717, 1.165) is 15.8 Å². The number of aromatic nitrogens is 6. The van der Waals surface area contributed by atoms with Crippen LogP contribution < -0.4 is 32.1 Å². The number of hydrogen-bond acceptors (Lipinski definition) is 23. The molecule has 0 saturated carbocycles. The van der Waals surface area contributed by atoms with E-state index in [9.17, 15) is 77.6 Å². The summed E-state index contributed by atoms with van der Waals surface area (Å²) in [6, 6.07) is 0. The summed E-state index contributed by atoms with van der Waals surface area (Å²) in [5.41, 5.74) is 9.80. The molecule has 0 amide bonds. The molecule has 2 saturated heterocycles. The van der Waals surface area contributed by atoms with Crippen LogP contribution in [0.4, 0.5) is 17.7 Å². The van der Waals surface area contributed by atoms with E-state index in [1.54, 1.807) is 0 Å². The average molecular weight is 1020 g/mol. The van der Waals surface area contributed by atoms with Gasteiger partial charge < -0.3 is 70.7 Å². The van der Waals surface area contributed by atoms with Crippen LogP contribution in [0, 0.1) is 6.92 Å². The number of nitrogens with one attached hydrogen (secondary N) is 2. The van der Waals surface area contributed by atoms with Crippen molar-refractivity contribution in [3.05, 3.63) is 32.6 Å². The smallest absolute Gasteiger partial charge is 0.387 e. The first-order valence-electron chi connectivity index (χ1n) is 18.1. The van der Waals surface area contributed by atoms with E-state index in [1.807, 2.05) is 0 Å². The Morgan fingerprint density at radius 1 is 0.815 bits per heavy atom. The van der Waals surface area contributed by atoms with Crippen molar-refractivity contribution < 1.29 is 109 Å². The molecule has 34 nitrogen and oxygen atoms in total. The van der Waals surface area contributed by atoms with Gasteiger partial charge in [-0.25, -0.2) is 22.8 Å². The Morgan fingerprint density at radius 2 is 1.31 bits per heavy atom. The summed E-state index contributed by atoms with van der Waals surface area (Å²) in [5.74, 6) is -0.819. The van der Waals surface area contributed by atoms with Gasteiger partial charge >= 0.3 is 36.9 Å². The Morgan fingerprint density at radius 3 is 1.83 bits per heavy atom. The lowest BCUT2D eigenvalue weighted by atomic mass is 10.1. The first-order valence-corrected chi connectivity index (χ1v) is 24.1. The number of imidazole rings is 1. The van der Waals surface area contributed by atoms with Crippen LogP contribution in [0.2, 0.25) is 0 Å². The van der Waals surface area contributed by atoms with Gasteiger partial charge in [0.25, 0.3) is 17.1 Å². The molecule has 2 unspecified atom stereocenters. The Balaban J connectivity index is 1.24. The first-order chi connectivity index (χ1) is 30.0. The van der Waals surface area contributed by atoms with Crippen molar-refractivity contribution in [3.63, 3.8) is 0 Å². The van der Waals surface area contributed by atoms with Crippen molar-refractivity contribution in [2.24, 2.45) is 12.0 Å². The van der Waals surface area contributed by atoms with Gasteiger partial charge in [-0.15, -0.1) is 0 Å². The summed E-state index contributed by atoms with van der Waals surface area (Å²) in [5, 5.41) is 42.9. The van der Waals surface area contributed by atoms with Crippen molar-refractivity contribution in [1.29, 1.82) is 0 Å². The number of aromatic amines is 2. The molecule has 2 aliphatic heterocycles. The number of ether oxygens (including phenoxy) is 2. The fourth-order valence-corrected chi connectivity index (χ4v) is 8.90. The summed E-state index contributed by atoms with van der Waals surface area (Å²) >= 11 is 0. The van der Waals surface area contributed by atoms with Crippen LogP contribution in [0.1, 0.15) is 11.8 Å². The Labute approximate surface area is 362 Å². The van der Waals surface area contributed by atoms with E-state index in [-0.39, 0.29) is 34.4 Å². The first kappa shape index (κ1) is 52.5. The minimum Gasteiger partial charge on any atom is -0.387 e. The van der Waals surface area contributed by atoms with Crippen LogP contribution in [-0.2, 0) is 61.9 Å². The highest BCUT2D eigenvalue weighted by Gasteiger charge is 2.49.